The normalized spacial score (nSPS) is 14.0. The first kappa shape index (κ1) is 29.0. The van der Waals surface area contributed by atoms with E-state index in [1.54, 1.807) is 0 Å². The largest absolute Gasteiger partial charge is 0.457 e. The van der Waals surface area contributed by atoms with Crippen molar-refractivity contribution in [2.45, 2.75) is 0 Å². The Balaban J connectivity index is 1.36. The fourth-order valence-electron chi connectivity index (χ4n) is 4.58. The van der Waals surface area contributed by atoms with Crippen LogP contribution in [0.5, 0.6) is 0 Å². The van der Waals surface area contributed by atoms with Crippen LogP contribution >= 0.6 is 46.4 Å². The topological polar surface area (TPSA) is 20.5 Å². The van der Waals surface area contributed by atoms with E-state index in [9.17, 15) is 0 Å². The molecule has 0 saturated carbocycles. The molecule has 0 bridgehead atoms. The Labute approximate surface area is 270 Å². The molecule has 0 atom stereocenters. The summed E-state index contributed by atoms with van der Waals surface area (Å²) >= 11 is 24.6. The molecule has 5 aromatic rings. The molecule has 0 spiro atoms. The van der Waals surface area contributed by atoms with Crippen LogP contribution in [0.15, 0.2) is 144 Å². The highest BCUT2D eigenvalue weighted by molar-refractivity contribution is 6.31. The van der Waals surface area contributed by atoms with Gasteiger partial charge in [0, 0.05) is 37.3 Å². The van der Waals surface area contributed by atoms with Crippen molar-refractivity contribution in [1.29, 1.82) is 0 Å². The van der Waals surface area contributed by atoms with Crippen molar-refractivity contribution in [3.05, 3.63) is 176 Å². The Morgan fingerprint density at radius 3 is 1.60 bits per heavy atom. The summed E-state index contributed by atoms with van der Waals surface area (Å²) in [5.41, 5.74) is 5.85. The molecule has 1 aromatic heterocycles. The molecular formula is C37H23Cl4O2+. The van der Waals surface area contributed by atoms with Crippen LogP contribution in [0.4, 0.5) is 0 Å². The third-order valence-corrected chi connectivity index (χ3v) is 7.77. The summed E-state index contributed by atoms with van der Waals surface area (Å²) in [7, 11) is 0. The molecule has 0 fully saturated rings. The molecule has 0 radical (unpaired) electrons. The SMILES string of the molecule is Clc1ccc(C2=C/C(=C\C=C\c3cc(-c4ccc(Cl)cc4)cc(-c4ccc(Cl)cc4)[o+]3)OC(c3ccc(Cl)cc3)=C2)cc1. The third-order valence-electron chi connectivity index (χ3n) is 6.76. The summed E-state index contributed by atoms with van der Waals surface area (Å²) < 4.78 is 12.6. The predicted octanol–water partition coefficient (Wildman–Crippen LogP) is 12.6. The summed E-state index contributed by atoms with van der Waals surface area (Å²) in [6.07, 6.45) is 9.73. The van der Waals surface area contributed by atoms with E-state index in [2.05, 4.69) is 0 Å². The van der Waals surface area contributed by atoms with Gasteiger partial charge in [-0.05, 0) is 114 Å². The standard InChI is InChI=1S/C37H23Cl4O2/c38-30-12-4-24(5-13-30)28-20-34(42-36(22-28)26-8-16-32(40)17-9-26)2-1-3-35-21-29(25-6-14-31(39)15-7-25)23-37(43-35)27-10-18-33(41)19-11-27/h1-23H/q+1. The number of benzene rings is 4. The Morgan fingerprint density at radius 2 is 1.02 bits per heavy atom. The number of hydrogen-bond acceptors (Lipinski definition) is 1. The zero-order valence-corrected chi connectivity index (χ0v) is 25.6. The maximum absolute atomic E-state index is 6.30. The van der Waals surface area contributed by atoms with Gasteiger partial charge in [0.05, 0.1) is 17.7 Å². The molecule has 2 nitrogen and oxygen atoms in total. The highest BCUT2D eigenvalue weighted by Gasteiger charge is 2.18. The van der Waals surface area contributed by atoms with Crippen LogP contribution in [0.2, 0.25) is 20.1 Å². The maximum atomic E-state index is 6.30. The van der Waals surface area contributed by atoms with Crippen LogP contribution in [0, 0.1) is 0 Å². The van der Waals surface area contributed by atoms with Crippen molar-refractivity contribution in [2.24, 2.45) is 0 Å². The van der Waals surface area contributed by atoms with Crippen molar-refractivity contribution >= 4 is 63.8 Å². The van der Waals surface area contributed by atoms with Gasteiger partial charge in [-0.25, -0.2) is 4.42 Å². The maximum Gasteiger partial charge on any atom is 0.361 e. The van der Waals surface area contributed by atoms with E-state index in [0.29, 0.717) is 43.1 Å². The first-order valence-electron chi connectivity index (χ1n) is 13.4. The second-order valence-electron chi connectivity index (χ2n) is 9.78. The quantitative estimate of drug-likeness (QED) is 0.172. The van der Waals surface area contributed by atoms with Crippen molar-refractivity contribution in [1.82, 2.24) is 0 Å². The van der Waals surface area contributed by atoms with Crippen LogP contribution in [-0.2, 0) is 4.74 Å². The molecule has 0 unspecified atom stereocenters. The fraction of sp³-hybridized carbons (Fsp3) is 0. The Hall–Kier alpha value is -4.05. The molecule has 43 heavy (non-hydrogen) atoms. The predicted molar refractivity (Wildman–Crippen MR) is 181 cm³/mol. The monoisotopic (exact) mass is 639 g/mol. The van der Waals surface area contributed by atoms with Crippen molar-refractivity contribution in [3.8, 4) is 22.5 Å². The fourth-order valence-corrected chi connectivity index (χ4v) is 5.08. The van der Waals surface area contributed by atoms with Gasteiger partial charge in [-0.15, -0.1) is 0 Å². The number of hydrogen-bond donors (Lipinski definition) is 0. The first-order chi connectivity index (χ1) is 20.9. The average Bonchev–Trinajstić information content (AvgIpc) is 3.02. The molecule has 6 heteroatoms. The lowest BCUT2D eigenvalue weighted by molar-refractivity contribution is 0.398. The summed E-state index contributed by atoms with van der Waals surface area (Å²) in [4.78, 5) is 0. The zero-order chi connectivity index (χ0) is 29.8. The van der Waals surface area contributed by atoms with Gasteiger partial charge in [-0.3, -0.25) is 0 Å². The van der Waals surface area contributed by atoms with Crippen LogP contribution < -0.4 is 0 Å². The van der Waals surface area contributed by atoms with E-state index in [1.807, 2.05) is 140 Å². The Bertz CT molecular complexity index is 1820. The van der Waals surface area contributed by atoms with Gasteiger partial charge < -0.3 is 4.74 Å². The van der Waals surface area contributed by atoms with Gasteiger partial charge in [0.1, 0.15) is 11.5 Å². The van der Waals surface area contributed by atoms with Crippen molar-refractivity contribution in [3.63, 3.8) is 0 Å². The molecule has 210 valence electrons. The zero-order valence-electron chi connectivity index (χ0n) is 22.6. The molecule has 1 aliphatic rings. The smallest absolute Gasteiger partial charge is 0.361 e. The van der Waals surface area contributed by atoms with E-state index in [1.165, 1.54) is 0 Å². The lowest BCUT2D eigenvalue weighted by atomic mass is 10.0. The van der Waals surface area contributed by atoms with Gasteiger partial charge in [0.2, 0.25) is 0 Å². The molecule has 0 N–H and O–H groups in total. The number of rotatable bonds is 6. The summed E-state index contributed by atoms with van der Waals surface area (Å²) in [5.74, 6) is 2.76. The Kier molecular flexibility index (Phi) is 8.83. The van der Waals surface area contributed by atoms with E-state index >= 15 is 0 Å². The van der Waals surface area contributed by atoms with Crippen LogP contribution in [0.1, 0.15) is 16.9 Å². The molecular weight excluding hydrogens is 618 g/mol. The third kappa shape index (κ3) is 7.30. The second-order valence-corrected chi connectivity index (χ2v) is 11.5. The highest BCUT2D eigenvalue weighted by atomic mass is 35.5. The molecule has 4 aromatic carbocycles. The average molecular weight is 641 g/mol. The molecule has 6 rings (SSSR count). The van der Waals surface area contributed by atoms with E-state index in [4.69, 9.17) is 55.6 Å². The van der Waals surface area contributed by atoms with Crippen LogP contribution in [0.3, 0.4) is 0 Å². The molecule has 0 aliphatic carbocycles. The van der Waals surface area contributed by atoms with E-state index in [0.717, 1.165) is 33.4 Å². The van der Waals surface area contributed by atoms with Gasteiger partial charge in [-0.2, -0.15) is 0 Å². The van der Waals surface area contributed by atoms with Gasteiger partial charge >= 0.3 is 11.5 Å². The lowest BCUT2D eigenvalue weighted by Gasteiger charge is -2.18. The van der Waals surface area contributed by atoms with Crippen molar-refractivity contribution < 1.29 is 9.15 Å². The molecule has 0 saturated heterocycles. The number of ether oxygens (including phenoxy) is 1. The van der Waals surface area contributed by atoms with E-state index in [-0.39, 0.29) is 0 Å². The molecule has 1 aliphatic heterocycles. The minimum atomic E-state index is 0.662. The van der Waals surface area contributed by atoms with Crippen molar-refractivity contribution in [2.75, 3.05) is 0 Å². The van der Waals surface area contributed by atoms with Gasteiger partial charge in [0.25, 0.3) is 0 Å². The minimum Gasteiger partial charge on any atom is -0.457 e. The van der Waals surface area contributed by atoms with Gasteiger partial charge in [0.15, 0.2) is 0 Å². The second kappa shape index (κ2) is 13.1. The Morgan fingerprint density at radius 1 is 0.512 bits per heavy atom. The molecule has 0 amide bonds. The highest BCUT2D eigenvalue weighted by Crippen LogP contribution is 2.34. The summed E-state index contributed by atoms with van der Waals surface area (Å²) in [6.45, 7) is 0. The summed E-state index contributed by atoms with van der Waals surface area (Å²) in [5, 5.41) is 2.68. The summed E-state index contributed by atoms with van der Waals surface area (Å²) in [6, 6.07) is 34.6. The minimum absolute atomic E-state index is 0.662. The lowest BCUT2D eigenvalue weighted by Crippen LogP contribution is -1.99. The van der Waals surface area contributed by atoms with Crippen LogP contribution in [0.25, 0.3) is 39.9 Å². The molecule has 2 heterocycles. The first-order valence-corrected chi connectivity index (χ1v) is 14.9. The van der Waals surface area contributed by atoms with Crippen LogP contribution in [-0.4, -0.2) is 0 Å². The van der Waals surface area contributed by atoms with E-state index < -0.39 is 0 Å². The van der Waals surface area contributed by atoms with Gasteiger partial charge in [-0.1, -0.05) is 70.7 Å². The number of allylic oxidation sites excluding steroid dienone is 5. The number of halogens is 4.